The third-order valence-electron chi connectivity index (χ3n) is 4.13. The highest BCUT2D eigenvalue weighted by molar-refractivity contribution is 7.89. The normalized spacial score (nSPS) is 12.8. The predicted octanol–water partition coefficient (Wildman–Crippen LogP) is 4.43. The molecule has 5 nitrogen and oxygen atoms in total. The number of esters is 1. The van der Waals surface area contributed by atoms with Crippen molar-refractivity contribution in [3.63, 3.8) is 0 Å². The van der Waals surface area contributed by atoms with Crippen molar-refractivity contribution in [2.45, 2.75) is 31.8 Å². The van der Waals surface area contributed by atoms with Crippen LogP contribution in [0.3, 0.4) is 0 Å². The minimum Gasteiger partial charge on any atom is -0.454 e. The van der Waals surface area contributed by atoms with Gasteiger partial charge in [0.15, 0.2) is 0 Å². The van der Waals surface area contributed by atoms with Crippen LogP contribution in [0.1, 0.15) is 42.8 Å². The van der Waals surface area contributed by atoms with E-state index in [4.69, 9.17) is 16.3 Å². The van der Waals surface area contributed by atoms with E-state index in [-0.39, 0.29) is 18.0 Å². The molecule has 0 aliphatic carbocycles. The van der Waals surface area contributed by atoms with Crippen LogP contribution in [0.5, 0.6) is 0 Å². The Morgan fingerprint density at radius 3 is 2.41 bits per heavy atom. The van der Waals surface area contributed by atoms with Crippen LogP contribution in [0.2, 0.25) is 5.02 Å². The van der Waals surface area contributed by atoms with Gasteiger partial charge in [-0.25, -0.2) is 17.6 Å². The fraction of sp³-hybridized carbons (Fsp3) is 0.316. The number of ether oxygens (including phenoxy) is 1. The van der Waals surface area contributed by atoms with E-state index >= 15 is 0 Å². The maximum atomic E-state index is 14.2. The van der Waals surface area contributed by atoms with Gasteiger partial charge in [-0.2, -0.15) is 4.31 Å². The second-order valence-corrected chi connectivity index (χ2v) is 8.15. The van der Waals surface area contributed by atoms with Crippen LogP contribution in [0.25, 0.3) is 0 Å². The SMILES string of the molecule is CCN(CC)S(=O)(=O)c1ccc(F)c(C(=O)O[C@H](C)c2ccccc2Cl)c1. The molecular formula is C19H21ClFNO4S. The van der Waals surface area contributed by atoms with E-state index in [1.807, 2.05) is 0 Å². The zero-order valence-corrected chi connectivity index (χ0v) is 16.8. The topological polar surface area (TPSA) is 63.7 Å². The van der Waals surface area contributed by atoms with E-state index in [2.05, 4.69) is 0 Å². The number of hydrogen-bond acceptors (Lipinski definition) is 4. The van der Waals surface area contributed by atoms with Gasteiger partial charge in [-0.15, -0.1) is 0 Å². The van der Waals surface area contributed by atoms with E-state index in [0.29, 0.717) is 10.6 Å². The highest BCUT2D eigenvalue weighted by atomic mass is 35.5. The predicted molar refractivity (Wildman–Crippen MR) is 102 cm³/mol. The van der Waals surface area contributed by atoms with Crippen molar-refractivity contribution >= 4 is 27.6 Å². The fourth-order valence-electron chi connectivity index (χ4n) is 2.63. The number of carbonyl (C=O) groups is 1. The molecule has 0 amide bonds. The number of nitrogens with zero attached hydrogens (tertiary/aromatic N) is 1. The Hall–Kier alpha value is -1.96. The van der Waals surface area contributed by atoms with Crippen LogP contribution in [0.15, 0.2) is 47.4 Å². The summed E-state index contributed by atoms with van der Waals surface area (Å²) in [5.74, 6) is -1.82. The molecular weight excluding hydrogens is 393 g/mol. The van der Waals surface area contributed by atoms with Crippen molar-refractivity contribution in [1.82, 2.24) is 4.31 Å². The standard InChI is InChI=1S/C19H21ClFNO4S/c1-4-22(5-2)27(24,25)14-10-11-18(21)16(12-14)19(23)26-13(3)15-8-6-7-9-17(15)20/h6-13H,4-5H2,1-3H3/t13-/m1/s1. The number of hydrogen-bond donors (Lipinski definition) is 0. The zero-order chi connectivity index (χ0) is 20.2. The van der Waals surface area contributed by atoms with E-state index < -0.39 is 33.5 Å². The summed E-state index contributed by atoms with van der Waals surface area (Å²) in [5.41, 5.74) is 0.127. The van der Waals surface area contributed by atoms with Crippen LogP contribution in [-0.4, -0.2) is 31.8 Å². The average molecular weight is 414 g/mol. The molecule has 1 atom stereocenters. The molecule has 0 aliphatic rings. The number of sulfonamides is 1. The first kappa shape index (κ1) is 21.3. The first-order chi connectivity index (χ1) is 12.7. The Morgan fingerprint density at radius 1 is 1.19 bits per heavy atom. The third-order valence-corrected chi connectivity index (χ3v) is 6.52. The second kappa shape index (κ2) is 8.82. The van der Waals surface area contributed by atoms with Gasteiger partial charge in [-0.3, -0.25) is 0 Å². The summed E-state index contributed by atoms with van der Waals surface area (Å²) in [5, 5.41) is 0.413. The number of carbonyl (C=O) groups excluding carboxylic acids is 1. The smallest absolute Gasteiger partial charge is 0.341 e. The first-order valence-corrected chi connectivity index (χ1v) is 10.3. The molecule has 0 aliphatic heterocycles. The number of rotatable bonds is 7. The highest BCUT2D eigenvalue weighted by Crippen LogP contribution is 2.27. The monoisotopic (exact) mass is 413 g/mol. The van der Waals surface area contributed by atoms with Gasteiger partial charge in [-0.05, 0) is 31.2 Å². The summed E-state index contributed by atoms with van der Waals surface area (Å²) in [6, 6.07) is 9.91. The quantitative estimate of drug-likeness (QED) is 0.630. The Balaban J connectivity index is 2.33. The van der Waals surface area contributed by atoms with Crippen molar-refractivity contribution in [2.24, 2.45) is 0 Å². The molecule has 0 heterocycles. The van der Waals surface area contributed by atoms with Crippen molar-refractivity contribution in [3.05, 3.63) is 64.4 Å². The molecule has 0 aromatic heterocycles. The van der Waals surface area contributed by atoms with Gasteiger partial charge >= 0.3 is 5.97 Å². The summed E-state index contributed by atoms with van der Waals surface area (Å²) in [7, 11) is -3.82. The van der Waals surface area contributed by atoms with Crippen molar-refractivity contribution < 1.29 is 22.3 Å². The van der Waals surface area contributed by atoms with Crippen LogP contribution in [0.4, 0.5) is 4.39 Å². The van der Waals surface area contributed by atoms with E-state index in [1.165, 1.54) is 4.31 Å². The van der Waals surface area contributed by atoms with Crippen molar-refractivity contribution in [2.75, 3.05) is 13.1 Å². The van der Waals surface area contributed by atoms with Gasteiger partial charge in [0.25, 0.3) is 0 Å². The lowest BCUT2D eigenvalue weighted by atomic mass is 10.1. The summed E-state index contributed by atoms with van der Waals surface area (Å²) >= 11 is 6.08. The molecule has 27 heavy (non-hydrogen) atoms. The van der Waals surface area contributed by atoms with Gasteiger partial charge in [0.1, 0.15) is 11.9 Å². The van der Waals surface area contributed by atoms with Crippen molar-refractivity contribution in [1.29, 1.82) is 0 Å². The molecule has 0 saturated heterocycles. The molecule has 2 aromatic carbocycles. The first-order valence-electron chi connectivity index (χ1n) is 8.47. The minimum atomic E-state index is -3.82. The van der Waals surface area contributed by atoms with E-state index in [1.54, 1.807) is 45.0 Å². The number of halogens is 2. The van der Waals surface area contributed by atoms with Gasteiger partial charge in [0.2, 0.25) is 10.0 Å². The summed E-state index contributed by atoms with van der Waals surface area (Å²) < 4.78 is 45.9. The molecule has 0 N–H and O–H groups in total. The average Bonchev–Trinajstić information content (AvgIpc) is 2.62. The maximum Gasteiger partial charge on any atom is 0.341 e. The van der Waals surface area contributed by atoms with Gasteiger partial charge < -0.3 is 4.74 Å². The Bertz CT molecular complexity index is 929. The van der Waals surface area contributed by atoms with Gasteiger partial charge in [0.05, 0.1) is 10.5 Å². The van der Waals surface area contributed by atoms with Crippen LogP contribution < -0.4 is 0 Å². The van der Waals surface area contributed by atoms with E-state index in [9.17, 15) is 17.6 Å². The zero-order valence-electron chi connectivity index (χ0n) is 15.3. The molecule has 0 spiro atoms. The van der Waals surface area contributed by atoms with Gasteiger partial charge in [0, 0.05) is 23.7 Å². The molecule has 146 valence electrons. The molecule has 0 fully saturated rings. The van der Waals surface area contributed by atoms with Crippen LogP contribution in [0, 0.1) is 5.82 Å². The van der Waals surface area contributed by atoms with Crippen molar-refractivity contribution in [3.8, 4) is 0 Å². The van der Waals surface area contributed by atoms with Crippen LogP contribution >= 0.6 is 11.6 Å². The lowest BCUT2D eigenvalue weighted by Gasteiger charge is -2.19. The lowest BCUT2D eigenvalue weighted by Crippen LogP contribution is -2.30. The number of benzene rings is 2. The van der Waals surface area contributed by atoms with Gasteiger partial charge in [-0.1, -0.05) is 43.6 Å². The molecule has 8 heteroatoms. The Kier molecular flexibility index (Phi) is 6.97. The Labute approximate surface area is 163 Å². The summed E-state index contributed by atoms with van der Waals surface area (Å²) in [6.45, 7) is 5.53. The Morgan fingerprint density at radius 2 is 1.81 bits per heavy atom. The molecule has 0 saturated carbocycles. The molecule has 2 rings (SSSR count). The second-order valence-electron chi connectivity index (χ2n) is 5.80. The lowest BCUT2D eigenvalue weighted by molar-refractivity contribution is 0.0332. The third kappa shape index (κ3) is 4.66. The molecule has 2 aromatic rings. The molecule has 0 unspecified atom stereocenters. The highest BCUT2D eigenvalue weighted by Gasteiger charge is 2.25. The largest absolute Gasteiger partial charge is 0.454 e. The summed E-state index contributed by atoms with van der Waals surface area (Å²) in [4.78, 5) is 12.3. The van der Waals surface area contributed by atoms with Crippen LogP contribution in [-0.2, 0) is 14.8 Å². The fourth-order valence-corrected chi connectivity index (χ4v) is 4.40. The minimum absolute atomic E-state index is 0.162. The summed E-state index contributed by atoms with van der Waals surface area (Å²) in [6.07, 6.45) is -0.728. The molecule has 0 radical (unpaired) electrons. The van der Waals surface area contributed by atoms with E-state index in [0.717, 1.165) is 18.2 Å². The maximum absolute atomic E-state index is 14.2. The molecule has 0 bridgehead atoms.